The van der Waals surface area contributed by atoms with E-state index in [-0.39, 0.29) is 6.42 Å². The fourth-order valence-electron chi connectivity index (χ4n) is 2.24. The first-order valence-corrected chi connectivity index (χ1v) is 6.55. The second-order valence-electron chi connectivity index (χ2n) is 4.41. The van der Waals surface area contributed by atoms with Gasteiger partial charge in [-0.2, -0.15) is 0 Å². The normalized spacial score (nSPS) is 30.9. The van der Waals surface area contributed by atoms with Crippen molar-refractivity contribution in [3.8, 4) is 0 Å². The monoisotopic (exact) mass is 272 g/mol. The van der Waals surface area contributed by atoms with E-state index in [9.17, 15) is 20.1 Å². The van der Waals surface area contributed by atoms with Crippen LogP contribution >= 0.6 is 11.3 Å². The van der Waals surface area contributed by atoms with E-state index >= 15 is 0 Å². The quantitative estimate of drug-likeness (QED) is 0.681. The Balaban J connectivity index is 2.56. The third-order valence-electron chi connectivity index (χ3n) is 3.27. The van der Waals surface area contributed by atoms with E-state index in [0.717, 1.165) is 11.3 Å². The Morgan fingerprint density at radius 2 is 2.28 bits per heavy atom. The van der Waals surface area contributed by atoms with Gasteiger partial charge in [0.25, 0.3) is 0 Å². The van der Waals surface area contributed by atoms with Gasteiger partial charge in [-0.3, -0.25) is 0 Å². The lowest BCUT2D eigenvalue weighted by molar-refractivity contribution is -0.171. The molecule has 0 saturated heterocycles. The second kappa shape index (κ2) is 4.62. The van der Waals surface area contributed by atoms with Crippen molar-refractivity contribution in [3.05, 3.63) is 21.4 Å². The first-order valence-electron chi connectivity index (χ1n) is 5.74. The predicted molar refractivity (Wildman–Crippen MR) is 65.2 cm³/mol. The van der Waals surface area contributed by atoms with Gasteiger partial charge in [-0.25, -0.2) is 4.79 Å². The zero-order chi connectivity index (χ0) is 13.5. The number of carbonyl (C=O) groups excluding carboxylic acids is 1. The number of fused-ring (bicyclic) bond motifs is 1. The van der Waals surface area contributed by atoms with E-state index in [1.807, 2.05) is 6.92 Å². The number of aliphatic hydroxyl groups excluding tert-OH is 2. The highest BCUT2D eigenvalue weighted by Crippen LogP contribution is 2.45. The van der Waals surface area contributed by atoms with Crippen LogP contribution in [-0.2, 0) is 21.6 Å². The number of ether oxygens (including phenoxy) is 1. The van der Waals surface area contributed by atoms with Crippen LogP contribution < -0.4 is 0 Å². The summed E-state index contributed by atoms with van der Waals surface area (Å²) in [5, 5.41) is 30.1. The molecule has 5 nitrogen and oxygen atoms in total. The summed E-state index contributed by atoms with van der Waals surface area (Å²) in [5.74, 6) is -0.810. The number of aliphatic hydroxyl groups is 3. The third kappa shape index (κ3) is 1.85. The molecule has 0 aliphatic heterocycles. The number of thiophene rings is 1. The fourth-order valence-corrected chi connectivity index (χ4v) is 3.46. The molecule has 18 heavy (non-hydrogen) atoms. The molecule has 0 saturated carbocycles. The Morgan fingerprint density at radius 3 is 2.83 bits per heavy atom. The first-order chi connectivity index (χ1) is 8.43. The van der Waals surface area contributed by atoms with Gasteiger partial charge in [0.2, 0.25) is 0 Å². The SMILES string of the molecule is CCc1cc2c(s1)C(O)C(O)CC2(O)C(=O)OC. The molecule has 1 aromatic heterocycles. The van der Waals surface area contributed by atoms with Crippen molar-refractivity contribution in [2.75, 3.05) is 7.11 Å². The summed E-state index contributed by atoms with van der Waals surface area (Å²) >= 11 is 1.30. The van der Waals surface area contributed by atoms with Crippen LogP contribution in [0.1, 0.15) is 34.8 Å². The molecule has 1 heterocycles. The van der Waals surface area contributed by atoms with Gasteiger partial charge in [-0.15, -0.1) is 11.3 Å². The number of carbonyl (C=O) groups is 1. The molecule has 1 aliphatic carbocycles. The maximum atomic E-state index is 11.7. The van der Waals surface area contributed by atoms with Crippen molar-refractivity contribution in [1.29, 1.82) is 0 Å². The summed E-state index contributed by atoms with van der Waals surface area (Å²) in [6, 6.07) is 1.70. The van der Waals surface area contributed by atoms with Crippen molar-refractivity contribution >= 4 is 17.3 Å². The number of aryl methyl sites for hydroxylation is 1. The molecule has 0 bridgehead atoms. The van der Waals surface area contributed by atoms with E-state index in [1.54, 1.807) is 6.07 Å². The highest BCUT2D eigenvalue weighted by Gasteiger charge is 2.50. The molecule has 0 amide bonds. The van der Waals surface area contributed by atoms with Crippen molar-refractivity contribution in [2.24, 2.45) is 0 Å². The topological polar surface area (TPSA) is 87.0 Å². The first kappa shape index (κ1) is 13.5. The molecule has 3 N–H and O–H groups in total. The standard InChI is InChI=1S/C12H16O5S/c1-3-6-4-7-10(18-6)9(14)8(13)5-12(7,16)11(15)17-2/h4,8-9,13-14,16H,3,5H2,1-2H3. The van der Waals surface area contributed by atoms with E-state index in [1.165, 1.54) is 18.4 Å². The molecule has 0 radical (unpaired) electrons. The number of methoxy groups -OCH3 is 1. The van der Waals surface area contributed by atoms with Crippen LogP contribution in [0.25, 0.3) is 0 Å². The molecule has 0 fully saturated rings. The van der Waals surface area contributed by atoms with Gasteiger partial charge in [-0.05, 0) is 12.5 Å². The summed E-state index contributed by atoms with van der Waals surface area (Å²) in [4.78, 5) is 13.1. The van der Waals surface area contributed by atoms with Gasteiger partial charge in [0.1, 0.15) is 6.10 Å². The van der Waals surface area contributed by atoms with Gasteiger partial charge in [0, 0.05) is 21.7 Å². The smallest absolute Gasteiger partial charge is 0.342 e. The summed E-state index contributed by atoms with van der Waals surface area (Å²) in [7, 11) is 1.19. The molecule has 3 unspecified atom stereocenters. The predicted octanol–water partition coefficient (Wildman–Crippen LogP) is 0.469. The van der Waals surface area contributed by atoms with Gasteiger partial charge >= 0.3 is 5.97 Å². The van der Waals surface area contributed by atoms with Crippen LogP contribution in [0.4, 0.5) is 0 Å². The zero-order valence-electron chi connectivity index (χ0n) is 10.2. The highest BCUT2D eigenvalue weighted by atomic mass is 32.1. The number of rotatable bonds is 2. The molecule has 1 aromatic rings. The molecule has 1 aliphatic rings. The van der Waals surface area contributed by atoms with Crippen LogP contribution in [0.2, 0.25) is 0 Å². The van der Waals surface area contributed by atoms with Gasteiger partial charge in [0.05, 0.1) is 13.2 Å². The van der Waals surface area contributed by atoms with E-state index in [0.29, 0.717) is 10.4 Å². The van der Waals surface area contributed by atoms with Gasteiger partial charge in [-0.1, -0.05) is 6.92 Å². The van der Waals surface area contributed by atoms with Crippen molar-refractivity contribution in [1.82, 2.24) is 0 Å². The average Bonchev–Trinajstić information content (AvgIpc) is 2.80. The second-order valence-corrected chi connectivity index (χ2v) is 5.58. The molecule has 2 rings (SSSR count). The summed E-state index contributed by atoms with van der Waals surface area (Å²) in [6.45, 7) is 1.94. The molecule has 3 atom stereocenters. The molecule has 0 aromatic carbocycles. The number of hydrogen-bond donors (Lipinski definition) is 3. The van der Waals surface area contributed by atoms with E-state index < -0.39 is 23.8 Å². The number of esters is 1. The Bertz CT molecular complexity index is 469. The fraction of sp³-hybridized carbons (Fsp3) is 0.583. The van der Waals surface area contributed by atoms with Gasteiger partial charge in [0.15, 0.2) is 5.60 Å². The van der Waals surface area contributed by atoms with Crippen molar-refractivity contribution < 1.29 is 24.9 Å². The Hall–Kier alpha value is -0.950. The van der Waals surface area contributed by atoms with Crippen LogP contribution in [0.3, 0.4) is 0 Å². The van der Waals surface area contributed by atoms with Crippen LogP contribution in [0, 0.1) is 0 Å². The van der Waals surface area contributed by atoms with Crippen molar-refractivity contribution in [3.63, 3.8) is 0 Å². The lowest BCUT2D eigenvalue weighted by atomic mass is 9.80. The lowest BCUT2D eigenvalue weighted by Crippen LogP contribution is -2.45. The molecular formula is C12H16O5S. The van der Waals surface area contributed by atoms with Crippen LogP contribution in [0.5, 0.6) is 0 Å². The molecular weight excluding hydrogens is 256 g/mol. The maximum absolute atomic E-state index is 11.7. The minimum atomic E-state index is -1.87. The van der Waals surface area contributed by atoms with E-state index in [2.05, 4.69) is 4.74 Å². The summed E-state index contributed by atoms with van der Waals surface area (Å²) in [6.07, 6.45) is -1.76. The Labute approximate surface area is 109 Å². The van der Waals surface area contributed by atoms with Crippen LogP contribution in [-0.4, -0.2) is 34.5 Å². The molecule has 6 heteroatoms. The third-order valence-corrected chi connectivity index (χ3v) is 4.62. The summed E-state index contributed by atoms with van der Waals surface area (Å²) in [5.41, 5.74) is -1.51. The largest absolute Gasteiger partial charge is 0.467 e. The zero-order valence-corrected chi connectivity index (χ0v) is 11.0. The van der Waals surface area contributed by atoms with E-state index in [4.69, 9.17) is 0 Å². The minimum Gasteiger partial charge on any atom is -0.467 e. The molecule has 100 valence electrons. The average molecular weight is 272 g/mol. The molecule has 0 spiro atoms. The van der Waals surface area contributed by atoms with Crippen molar-refractivity contribution in [2.45, 2.75) is 37.6 Å². The Kier molecular flexibility index (Phi) is 3.46. The maximum Gasteiger partial charge on any atom is 0.342 e. The lowest BCUT2D eigenvalue weighted by Gasteiger charge is -2.35. The highest BCUT2D eigenvalue weighted by molar-refractivity contribution is 7.12. The van der Waals surface area contributed by atoms with Gasteiger partial charge < -0.3 is 20.1 Å². The number of hydrogen-bond acceptors (Lipinski definition) is 6. The minimum absolute atomic E-state index is 0.256. The van der Waals surface area contributed by atoms with Crippen LogP contribution in [0.15, 0.2) is 6.07 Å². The Morgan fingerprint density at radius 1 is 1.61 bits per heavy atom. The summed E-state index contributed by atoms with van der Waals surface area (Å²) < 4.78 is 4.60.